The zero-order valence-corrected chi connectivity index (χ0v) is 18.0. The first-order chi connectivity index (χ1) is 14.8. The van der Waals surface area contributed by atoms with Gasteiger partial charge in [0.15, 0.2) is 0 Å². The van der Waals surface area contributed by atoms with Gasteiger partial charge in [0.1, 0.15) is 0 Å². The molecule has 0 fully saturated rings. The van der Waals surface area contributed by atoms with Crippen molar-refractivity contribution in [3.05, 3.63) is 88.9 Å². The number of hydrogen-bond acceptors (Lipinski definition) is 4. The Morgan fingerprint density at radius 2 is 1.52 bits per heavy atom. The molecule has 2 amide bonds. The van der Waals surface area contributed by atoms with E-state index < -0.39 is 11.2 Å². The number of carbonyl (C=O) groups excluding carboxylic acids is 2. The largest absolute Gasteiger partial charge is 0.478 e. The summed E-state index contributed by atoms with van der Waals surface area (Å²) < 4.78 is 0. The molecule has 0 saturated carbocycles. The van der Waals surface area contributed by atoms with Crippen LogP contribution in [0.5, 0.6) is 0 Å². The van der Waals surface area contributed by atoms with Crippen molar-refractivity contribution in [3.63, 3.8) is 0 Å². The lowest BCUT2D eigenvalue weighted by Gasteiger charge is -2.13. The second-order valence-corrected chi connectivity index (χ2v) is 8.48. The average Bonchev–Trinajstić information content (AvgIpc) is 2.74. The fourth-order valence-electron chi connectivity index (χ4n) is 2.71. The lowest BCUT2D eigenvalue weighted by molar-refractivity contribution is -0.115. The predicted octanol–water partition coefficient (Wildman–Crippen LogP) is 5.41. The summed E-state index contributed by atoms with van der Waals surface area (Å²) in [6.07, 6.45) is 0. The number of amides is 2. The smallest absolute Gasteiger partial charge is 0.335 e. The van der Waals surface area contributed by atoms with Crippen molar-refractivity contribution in [1.29, 1.82) is 0 Å². The Bertz CT molecular complexity index is 1140. The van der Waals surface area contributed by atoms with Crippen molar-refractivity contribution < 1.29 is 19.5 Å². The lowest BCUT2D eigenvalue weighted by Crippen LogP contribution is -2.22. The molecule has 0 heterocycles. The number of anilines is 2. The van der Waals surface area contributed by atoms with Crippen molar-refractivity contribution in [1.82, 2.24) is 0 Å². The van der Waals surface area contributed by atoms with Crippen molar-refractivity contribution in [2.45, 2.75) is 17.1 Å². The van der Waals surface area contributed by atoms with Gasteiger partial charge in [-0.25, -0.2) is 4.79 Å². The minimum atomic E-state index is -1.06. The number of rotatable bonds is 7. The standard InChI is InChI=1S/C23H19ClN2O4S/c1-14(21(27)25-18-8-3-6-16(12-18)23(29)30)31-20-10-4-9-19(13-20)26-22(28)15-5-2-7-17(24)11-15/h2-14H,1H3,(H,25,27)(H,26,28)(H,29,30). The highest BCUT2D eigenvalue weighted by atomic mass is 35.5. The first-order valence-electron chi connectivity index (χ1n) is 9.29. The van der Waals surface area contributed by atoms with Crippen LogP contribution in [-0.4, -0.2) is 28.1 Å². The summed E-state index contributed by atoms with van der Waals surface area (Å²) in [5.41, 5.74) is 1.56. The van der Waals surface area contributed by atoms with Crippen LogP contribution in [0.4, 0.5) is 11.4 Å². The maximum atomic E-state index is 12.5. The normalized spacial score (nSPS) is 11.4. The molecule has 3 N–H and O–H groups in total. The van der Waals surface area contributed by atoms with Crippen LogP contribution in [0, 0.1) is 0 Å². The lowest BCUT2D eigenvalue weighted by atomic mass is 10.2. The molecule has 0 aliphatic heterocycles. The number of thioether (sulfide) groups is 1. The Morgan fingerprint density at radius 1 is 0.871 bits per heavy atom. The molecular weight excluding hydrogens is 436 g/mol. The summed E-state index contributed by atoms with van der Waals surface area (Å²) in [5.74, 6) is -1.61. The number of benzene rings is 3. The molecule has 0 spiro atoms. The minimum absolute atomic E-state index is 0.0984. The molecule has 0 radical (unpaired) electrons. The zero-order valence-electron chi connectivity index (χ0n) is 16.5. The topological polar surface area (TPSA) is 95.5 Å². The summed E-state index contributed by atoms with van der Waals surface area (Å²) in [7, 11) is 0. The minimum Gasteiger partial charge on any atom is -0.478 e. The summed E-state index contributed by atoms with van der Waals surface area (Å²) in [4.78, 5) is 36.8. The van der Waals surface area contributed by atoms with Crippen LogP contribution in [0.2, 0.25) is 5.02 Å². The number of aromatic carboxylic acids is 1. The summed E-state index contributed by atoms with van der Waals surface area (Å²) in [6.45, 7) is 1.75. The molecule has 8 heteroatoms. The zero-order chi connectivity index (χ0) is 22.4. The van der Waals surface area contributed by atoms with Crippen molar-refractivity contribution in [2.24, 2.45) is 0 Å². The second-order valence-electron chi connectivity index (χ2n) is 6.63. The maximum Gasteiger partial charge on any atom is 0.335 e. The van der Waals surface area contributed by atoms with Gasteiger partial charge < -0.3 is 15.7 Å². The second kappa shape index (κ2) is 10.1. The van der Waals surface area contributed by atoms with Gasteiger partial charge in [-0.05, 0) is 61.5 Å². The Labute approximate surface area is 188 Å². The molecule has 0 aliphatic rings. The third kappa shape index (κ3) is 6.34. The molecule has 6 nitrogen and oxygen atoms in total. The van der Waals surface area contributed by atoms with Crippen molar-refractivity contribution in [3.8, 4) is 0 Å². The molecule has 3 aromatic carbocycles. The van der Waals surface area contributed by atoms with Crippen LogP contribution in [0.3, 0.4) is 0 Å². The maximum absolute atomic E-state index is 12.5. The molecule has 158 valence electrons. The summed E-state index contributed by atoms with van der Waals surface area (Å²) in [6, 6.07) is 19.9. The third-order valence-corrected chi connectivity index (χ3v) is 5.57. The Balaban J connectivity index is 1.63. The average molecular weight is 455 g/mol. The molecule has 0 bridgehead atoms. The van der Waals surface area contributed by atoms with Gasteiger partial charge in [0.05, 0.1) is 10.8 Å². The van der Waals surface area contributed by atoms with Gasteiger partial charge in [0.25, 0.3) is 5.91 Å². The molecule has 1 atom stereocenters. The van der Waals surface area contributed by atoms with E-state index in [1.807, 2.05) is 6.07 Å². The Hall–Kier alpha value is -3.29. The highest BCUT2D eigenvalue weighted by Gasteiger charge is 2.16. The van der Waals surface area contributed by atoms with Crippen LogP contribution in [0.15, 0.2) is 77.7 Å². The SMILES string of the molecule is CC(Sc1cccc(NC(=O)c2cccc(Cl)c2)c1)C(=O)Nc1cccc(C(=O)O)c1. The monoisotopic (exact) mass is 454 g/mol. The van der Waals surface area contributed by atoms with Crippen LogP contribution in [0.1, 0.15) is 27.6 Å². The number of carboxylic acids is 1. The highest BCUT2D eigenvalue weighted by Crippen LogP contribution is 2.27. The van der Waals surface area contributed by atoms with E-state index >= 15 is 0 Å². The van der Waals surface area contributed by atoms with Crippen molar-refractivity contribution >= 4 is 52.5 Å². The van der Waals surface area contributed by atoms with E-state index in [0.717, 1.165) is 4.90 Å². The van der Waals surface area contributed by atoms with Crippen LogP contribution >= 0.6 is 23.4 Å². The van der Waals surface area contributed by atoms with Gasteiger partial charge in [0, 0.05) is 26.9 Å². The fourth-order valence-corrected chi connectivity index (χ4v) is 3.83. The molecular formula is C23H19ClN2O4S. The predicted molar refractivity (Wildman–Crippen MR) is 123 cm³/mol. The van der Waals surface area contributed by atoms with E-state index in [1.54, 1.807) is 61.5 Å². The van der Waals surface area contributed by atoms with Gasteiger partial charge in [-0.2, -0.15) is 0 Å². The molecule has 3 aromatic rings. The van der Waals surface area contributed by atoms with Crippen LogP contribution in [0.25, 0.3) is 0 Å². The number of carboxylic acid groups (broad SMARTS) is 1. The van der Waals surface area contributed by atoms with E-state index in [-0.39, 0.29) is 17.4 Å². The first kappa shape index (κ1) is 22.4. The quantitative estimate of drug-likeness (QED) is 0.415. The van der Waals surface area contributed by atoms with Crippen molar-refractivity contribution in [2.75, 3.05) is 10.6 Å². The fraction of sp³-hybridized carbons (Fsp3) is 0.0870. The first-order valence-corrected chi connectivity index (χ1v) is 10.6. The van der Waals surface area contributed by atoms with Gasteiger partial charge in [-0.3, -0.25) is 9.59 Å². The molecule has 0 aliphatic carbocycles. The summed E-state index contributed by atoms with van der Waals surface area (Å²) >= 11 is 7.26. The van der Waals surface area contributed by atoms with Gasteiger partial charge in [-0.1, -0.05) is 29.8 Å². The van der Waals surface area contributed by atoms with Gasteiger partial charge in [0.2, 0.25) is 5.91 Å². The van der Waals surface area contributed by atoms with E-state index in [4.69, 9.17) is 16.7 Å². The molecule has 0 aromatic heterocycles. The summed E-state index contributed by atoms with van der Waals surface area (Å²) in [5, 5.41) is 14.6. The Kier molecular flexibility index (Phi) is 7.33. The van der Waals surface area contributed by atoms with E-state index in [1.165, 1.54) is 23.9 Å². The van der Waals surface area contributed by atoms with Crippen LogP contribution in [-0.2, 0) is 4.79 Å². The van der Waals surface area contributed by atoms with E-state index in [9.17, 15) is 14.4 Å². The third-order valence-electron chi connectivity index (χ3n) is 4.24. The van der Waals surface area contributed by atoms with E-state index in [0.29, 0.717) is 22.0 Å². The number of hydrogen-bond donors (Lipinski definition) is 3. The van der Waals surface area contributed by atoms with E-state index in [2.05, 4.69) is 10.6 Å². The van der Waals surface area contributed by atoms with Gasteiger partial charge >= 0.3 is 5.97 Å². The number of nitrogens with one attached hydrogen (secondary N) is 2. The highest BCUT2D eigenvalue weighted by molar-refractivity contribution is 8.00. The molecule has 31 heavy (non-hydrogen) atoms. The molecule has 1 unspecified atom stereocenters. The number of halogens is 1. The number of carbonyl (C=O) groups is 3. The Morgan fingerprint density at radius 3 is 2.23 bits per heavy atom. The van der Waals surface area contributed by atoms with Gasteiger partial charge in [-0.15, -0.1) is 11.8 Å². The molecule has 3 rings (SSSR count). The van der Waals surface area contributed by atoms with Crippen LogP contribution < -0.4 is 10.6 Å². The molecule has 0 saturated heterocycles.